The summed E-state index contributed by atoms with van der Waals surface area (Å²) >= 11 is 1.47. The molecule has 0 spiro atoms. The predicted octanol–water partition coefficient (Wildman–Crippen LogP) is 5.29. The molecule has 0 aliphatic heterocycles. The Morgan fingerprint density at radius 2 is 1.79 bits per heavy atom. The van der Waals surface area contributed by atoms with Crippen LogP contribution in [0.2, 0.25) is 0 Å². The van der Waals surface area contributed by atoms with Gasteiger partial charge in [-0.05, 0) is 40.2 Å². The van der Waals surface area contributed by atoms with Crippen molar-refractivity contribution in [3.63, 3.8) is 0 Å². The molecule has 2 heterocycles. The molecule has 1 unspecified atom stereocenters. The number of aromatic nitrogens is 3. The third-order valence-corrected chi connectivity index (χ3v) is 6.42. The first-order chi connectivity index (χ1) is 16.1. The zero-order chi connectivity index (χ0) is 24.5. The lowest BCUT2D eigenvalue weighted by Gasteiger charge is -2.22. The minimum atomic E-state index is -0.168. The van der Waals surface area contributed by atoms with Gasteiger partial charge in [0.25, 0.3) is 0 Å². The summed E-state index contributed by atoms with van der Waals surface area (Å²) in [5.41, 5.74) is 4.03. The molecule has 2 N–H and O–H groups in total. The molecule has 0 fully saturated rings. The van der Waals surface area contributed by atoms with Gasteiger partial charge in [0.15, 0.2) is 5.82 Å². The van der Waals surface area contributed by atoms with Gasteiger partial charge in [-0.15, -0.1) is 5.10 Å². The zero-order valence-electron chi connectivity index (χ0n) is 20.6. The summed E-state index contributed by atoms with van der Waals surface area (Å²) in [6, 6.07) is 18.2. The van der Waals surface area contributed by atoms with Gasteiger partial charge >= 0.3 is 0 Å². The number of carbonyl (C=O) groups excluding carboxylic acids is 1. The molecule has 0 saturated carbocycles. The van der Waals surface area contributed by atoms with Crippen LogP contribution in [-0.4, -0.2) is 39.6 Å². The fourth-order valence-electron chi connectivity index (χ4n) is 3.67. The monoisotopic (exact) mass is 476 g/mol. The van der Waals surface area contributed by atoms with E-state index in [-0.39, 0.29) is 24.0 Å². The Labute approximate surface area is 204 Å². The Kier molecular flexibility index (Phi) is 6.61. The van der Waals surface area contributed by atoms with Gasteiger partial charge in [-0.25, -0.2) is 4.98 Å². The van der Waals surface area contributed by atoms with Crippen LogP contribution in [0.1, 0.15) is 44.9 Å². The molecule has 0 aliphatic rings. The van der Waals surface area contributed by atoms with Crippen molar-refractivity contribution in [2.75, 3.05) is 23.8 Å². The van der Waals surface area contributed by atoms with Crippen LogP contribution in [0.3, 0.4) is 0 Å². The summed E-state index contributed by atoms with van der Waals surface area (Å²) in [5.74, 6) is 0.796. The molecule has 8 heteroatoms. The number of imidazole rings is 1. The smallest absolute Gasteiger partial charge is 0.240 e. The number of rotatable bonds is 7. The van der Waals surface area contributed by atoms with E-state index in [0.717, 1.165) is 32.7 Å². The van der Waals surface area contributed by atoms with Crippen LogP contribution in [0, 0.1) is 6.92 Å². The fourth-order valence-corrected chi connectivity index (χ4v) is 4.53. The number of carbonyl (C=O) groups is 1. The maximum Gasteiger partial charge on any atom is 0.240 e. The molecule has 34 heavy (non-hydrogen) atoms. The third kappa shape index (κ3) is 5.39. The number of amides is 1. The maximum atomic E-state index is 12.7. The molecule has 0 saturated heterocycles. The molecule has 4 rings (SSSR count). The quantitative estimate of drug-likeness (QED) is 0.379. The third-order valence-electron chi connectivity index (χ3n) is 5.40. The van der Waals surface area contributed by atoms with Crippen molar-refractivity contribution in [1.82, 2.24) is 19.9 Å². The average Bonchev–Trinajstić information content (AvgIpc) is 3.33. The number of hydrogen-bond acceptors (Lipinski definition) is 6. The number of anilines is 2. The van der Waals surface area contributed by atoms with Crippen LogP contribution >= 0.6 is 11.3 Å². The first kappa shape index (κ1) is 23.8. The van der Waals surface area contributed by atoms with Gasteiger partial charge in [0.05, 0.1) is 12.6 Å². The molecular weight excluding hydrogens is 444 g/mol. The van der Waals surface area contributed by atoms with Gasteiger partial charge in [-0.1, -0.05) is 71.5 Å². The van der Waals surface area contributed by atoms with Gasteiger partial charge in [0, 0.05) is 18.2 Å². The number of fused-ring (bicyclic) bond motifs is 1. The molecule has 1 amide bonds. The van der Waals surface area contributed by atoms with Crippen LogP contribution in [0.25, 0.3) is 16.2 Å². The van der Waals surface area contributed by atoms with Gasteiger partial charge in [0.2, 0.25) is 16.0 Å². The van der Waals surface area contributed by atoms with Crippen molar-refractivity contribution in [2.24, 2.45) is 0 Å². The number of nitrogens with one attached hydrogen (secondary N) is 2. The van der Waals surface area contributed by atoms with Gasteiger partial charge in [-0.2, -0.15) is 4.52 Å². The van der Waals surface area contributed by atoms with E-state index in [1.165, 1.54) is 16.9 Å². The highest BCUT2D eigenvalue weighted by atomic mass is 32.1. The summed E-state index contributed by atoms with van der Waals surface area (Å²) in [5, 5.41) is 12.2. The second kappa shape index (κ2) is 9.46. The lowest BCUT2D eigenvalue weighted by molar-refractivity contribution is -0.120. The highest BCUT2D eigenvalue weighted by Gasteiger charge is 2.23. The Bertz CT molecular complexity index is 1270. The Morgan fingerprint density at radius 1 is 1.12 bits per heavy atom. The normalized spacial score (nSPS) is 12.5. The van der Waals surface area contributed by atoms with E-state index in [9.17, 15) is 4.79 Å². The molecule has 0 bridgehead atoms. The average molecular weight is 477 g/mol. The highest BCUT2D eigenvalue weighted by Crippen LogP contribution is 2.34. The van der Waals surface area contributed by atoms with Crippen LogP contribution in [0.4, 0.5) is 10.9 Å². The summed E-state index contributed by atoms with van der Waals surface area (Å²) in [7, 11) is 1.88. The van der Waals surface area contributed by atoms with Crippen molar-refractivity contribution < 1.29 is 4.79 Å². The molecular formula is C26H32N6OS. The van der Waals surface area contributed by atoms with E-state index in [2.05, 4.69) is 62.6 Å². The molecule has 0 aliphatic carbocycles. The SMILES string of the molecule is Cc1ccc(-c2nc3sc(N(C)CC(=O)NC(C)c4ccccc4)nn3c2NC(C)(C)C)cc1. The molecule has 0 radical (unpaired) electrons. The standard InChI is InChI=1S/C26H32N6OS/c1-17-12-14-20(15-13-17)22-23(29-26(3,4)5)32-24(28-22)34-25(30-32)31(6)16-21(33)27-18(2)19-10-8-7-9-11-19/h7-15,18,29H,16H2,1-6H3,(H,27,33). The topological polar surface area (TPSA) is 74.6 Å². The Hall–Kier alpha value is -3.39. The van der Waals surface area contributed by atoms with E-state index in [1.54, 1.807) is 0 Å². The van der Waals surface area contributed by atoms with Crippen molar-refractivity contribution in [2.45, 2.75) is 46.2 Å². The molecule has 2 aromatic carbocycles. The van der Waals surface area contributed by atoms with Crippen molar-refractivity contribution >= 4 is 33.2 Å². The fraction of sp³-hybridized carbons (Fsp3) is 0.346. The minimum absolute atomic E-state index is 0.0555. The summed E-state index contributed by atoms with van der Waals surface area (Å²) in [6.45, 7) is 10.6. The van der Waals surface area contributed by atoms with E-state index in [4.69, 9.17) is 10.1 Å². The lowest BCUT2D eigenvalue weighted by Crippen LogP contribution is -2.36. The van der Waals surface area contributed by atoms with E-state index >= 15 is 0 Å². The van der Waals surface area contributed by atoms with Crippen molar-refractivity contribution in [3.8, 4) is 11.3 Å². The maximum absolute atomic E-state index is 12.7. The van der Waals surface area contributed by atoms with E-state index < -0.39 is 0 Å². The van der Waals surface area contributed by atoms with Gasteiger partial charge < -0.3 is 15.5 Å². The highest BCUT2D eigenvalue weighted by molar-refractivity contribution is 7.20. The number of aryl methyl sites for hydroxylation is 1. The summed E-state index contributed by atoms with van der Waals surface area (Å²) < 4.78 is 1.85. The molecule has 7 nitrogen and oxygen atoms in total. The molecule has 2 aromatic heterocycles. The predicted molar refractivity (Wildman–Crippen MR) is 141 cm³/mol. The molecule has 4 aromatic rings. The summed E-state index contributed by atoms with van der Waals surface area (Å²) in [6.07, 6.45) is 0. The van der Waals surface area contributed by atoms with Crippen LogP contribution in [0.15, 0.2) is 54.6 Å². The lowest BCUT2D eigenvalue weighted by atomic mass is 10.1. The second-order valence-electron chi connectivity index (χ2n) is 9.69. The van der Waals surface area contributed by atoms with Gasteiger partial charge in [-0.3, -0.25) is 4.79 Å². The van der Waals surface area contributed by atoms with Crippen molar-refractivity contribution in [1.29, 1.82) is 0 Å². The summed E-state index contributed by atoms with van der Waals surface area (Å²) in [4.78, 5) is 20.2. The Balaban J connectivity index is 1.56. The molecule has 178 valence electrons. The largest absolute Gasteiger partial charge is 0.364 e. The van der Waals surface area contributed by atoms with Gasteiger partial charge in [0.1, 0.15) is 5.69 Å². The van der Waals surface area contributed by atoms with E-state index in [1.807, 2.05) is 53.7 Å². The first-order valence-electron chi connectivity index (χ1n) is 11.4. The van der Waals surface area contributed by atoms with Crippen LogP contribution in [-0.2, 0) is 4.79 Å². The van der Waals surface area contributed by atoms with E-state index in [0.29, 0.717) is 0 Å². The minimum Gasteiger partial charge on any atom is -0.364 e. The Morgan fingerprint density at radius 3 is 2.44 bits per heavy atom. The number of nitrogens with zero attached hydrogens (tertiary/aromatic N) is 4. The first-order valence-corrected chi connectivity index (χ1v) is 12.2. The number of likely N-dealkylation sites (N-methyl/N-ethyl adjacent to an activating group) is 1. The zero-order valence-corrected chi connectivity index (χ0v) is 21.4. The van der Waals surface area contributed by atoms with Crippen LogP contribution in [0.5, 0.6) is 0 Å². The van der Waals surface area contributed by atoms with Crippen LogP contribution < -0.4 is 15.5 Å². The number of benzene rings is 2. The molecule has 1 atom stereocenters. The second-order valence-corrected chi connectivity index (χ2v) is 10.6. The van der Waals surface area contributed by atoms with Crippen molar-refractivity contribution in [3.05, 3.63) is 65.7 Å². The number of hydrogen-bond donors (Lipinski definition) is 2.